The third kappa shape index (κ3) is 18.3. The number of amides is 1. The van der Waals surface area contributed by atoms with Gasteiger partial charge in [-0.15, -0.1) is 0 Å². The van der Waals surface area contributed by atoms with E-state index in [-0.39, 0.29) is 12.5 Å². The Morgan fingerprint density at radius 3 is 1.95 bits per heavy atom. The summed E-state index contributed by atoms with van der Waals surface area (Å²) in [6, 6.07) is -0.812. The van der Waals surface area contributed by atoms with E-state index in [1.54, 1.807) is 6.08 Å². The number of carbonyl (C=O) groups excluding carboxylic acids is 1. The van der Waals surface area contributed by atoms with Gasteiger partial charge < -0.3 is 40.3 Å². The first kappa shape index (κ1) is 39.7. The van der Waals surface area contributed by atoms with Gasteiger partial charge in [0.2, 0.25) is 5.91 Å². The van der Waals surface area contributed by atoms with E-state index in [4.69, 9.17) is 9.47 Å². The lowest BCUT2D eigenvalue weighted by atomic mass is 9.99. The topological polar surface area (TPSA) is 149 Å². The quantitative estimate of drug-likeness (QED) is 0.0601. The molecule has 9 heteroatoms. The Bertz CT molecular complexity index is 731. The van der Waals surface area contributed by atoms with Crippen LogP contribution in [-0.4, -0.2) is 87.5 Å². The minimum atomic E-state index is -1.56. The van der Waals surface area contributed by atoms with Crippen LogP contribution in [0.5, 0.6) is 0 Å². The molecule has 7 unspecified atom stereocenters. The zero-order chi connectivity index (χ0) is 31.7. The first-order valence-electron chi connectivity index (χ1n) is 17.1. The number of unbranched alkanes of at least 4 members (excludes halogenated alkanes) is 14. The van der Waals surface area contributed by atoms with Crippen LogP contribution in [0.25, 0.3) is 0 Å². The molecule has 1 heterocycles. The van der Waals surface area contributed by atoms with Gasteiger partial charge >= 0.3 is 0 Å². The molecule has 252 valence electrons. The van der Waals surface area contributed by atoms with Crippen LogP contribution in [0.1, 0.15) is 129 Å². The largest absolute Gasteiger partial charge is 0.394 e. The fourth-order valence-corrected chi connectivity index (χ4v) is 5.17. The zero-order valence-corrected chi connectivity index (χ0v) is 27.0. The maximum atomic E-state index is 12.7. The van der Waals surface area contributed by atoms with Gasteiger partial charge in [0.25, 0.3) is 0 Å². The third-order valence-electron chi connectivity index (χ3n) is 8.03. The number of aliphatic hydroxyl groups excluding tert-OH is 5. The van der Waals surface area contributed by atoms with Crippen molar-refractivity contribution < 1.29 is 39.8 Å². The van der Waals surface area contributed by atoms with Crippen molar-refractivity contribution in [1.29, 1.82) is 0 Å². The van der Waals surface area contributed by atoms with Crippen LogP contribution in [0.15, 0.2) is 24.3 Å². The second kappa shape index (κ2) is 25.9. The Morgan fingerprint density at radius 1 is 0.767 bits per heavy atom. The second-order valence-corrected chi connectivity index (χ2v) is 12.0. The molecule has 6 N–H and O–H groups in total. The molecule has 0 saturated carbocycles. The van der Waals surface area contributed by atoms with Crippen molar-refractivity contribution in [3.8, 4) is 0 Å². The highest BCUT2D eigenvalue weighted by Crippen LogP contribution is 2.22. The minimum absolute atomic E-state index is 0.195. The van der Waals surface area contributed by atoms with E-state index in [1.165, 1.54) is 70.6 Å². The summed E-state index contributed by atoms with van der Waals surface area (Å²) in [4.78, 5) is 12.7. The lowest BCUT2D eigenvalue weighted by molar-refractivity contribution is -0.302. The fourth-order valence-electron chi connectivity index (χ4n) is 5.17. The number of carbonyl (C=O) groups is 1. The highest BCUT2D eigenvalue weighted by Gasteiger charge is 2.44. The summed E-state index contributed by atoms with van der Waals surface area (Å²) in [5, 5.41) is 53.6. The van der Waals surface area contributed by atoms with Crippen LogP contribution in [0.2, 0.25) is 0 Å². The molecule has 1 aliphatic rings. The number of nitrogens with one attached hydrogen (secondary N) is 1. The molecule has 0 aromatic heterocycles. The van der Waals surface area contributed by atoms with E-state index in [0.717, 1.165) is 38.5 Å². The maximum absolute atomic E-state index is 12.7. The Kier molecular flexibility index (Phi) is 23.9. The SMILES string of the molecule is CCCCCCC/C=C/CC/C=C/C(O)C(COC1OC(CO)C(O)C(O)C1O)NC(=O)CCCCCCCCCCC. The predicted octanol–water partition coefficient (Wildman–Crippen LogP) is 4.82. The van der Waals surface area contributed by atoms with Gasteiger partial charge in [-0.2, -0.15) is 0 Å². The van der Waals surface area contributed by atoms with Gasteiger partial charge in [0.1, 0.15) is 24.4 Å². The molecule has 0 aromatic rings. The van der Waals surface area contributed by atoms with Gasteiger partial charge in [-0.25, -0.2) is 0 Å². The lowest BCUT2D eigenvalue weighted by Gasteiger charge is -2.40. The molecule has 1 aliphatic heterocycles. The highest BCUT2D eigenvalue weighted by atomic mass is 16.7. The number of ether oxygens (including phenoxy) is 2. The van der Waals surface area contributed by atoms with Crippen molar-refractivity contribution in [2.45, 2.75) is 172 Å². The summed E-state index contributed by atoms with van der Waals surface area (Å²) < 4.78 is 11.1. The van der Waals surface area contributed by atoms with Gasteiger partial charge in [-0.1, -0.05) is 115 Å². The van der Waals surface area contributed by atoms with E-state index in [2.05, 4.69) is 31.3 Å². The first-order chi connectivity index (χ1) is 20.8. The summed E-state index contributed by atoms with van der Waals surface area (Å²) in [5.74, 6) is -0.195. The summed E-state index contributed by atoms with van der Waals surface area (Å²) in [5.41, 5.74) is 0. The third-order valence-corrected chi connectivity index (χ3v) is 8.03. The van der Waals surface area contributed by atoms with Gasteiger partial charge in [0.05, 0.1) is 25.4 Å². The lowest BCUT2D eigenvalue weighted by Crippen LogP contribution is -2.60. The number of aliphatic hydroxyl groups is 5. The minimum Gasteiger partial charge on any atom is -0.394 e. The molecule has 1 saturated heterocycles. The Balaban J connectivity index is 2.57. The van der Waals surface area contributed by atoms with Crippen molar-refractivity contribution in [2.75, 3.05) is 13.2 Å². The number of hydrogen-bond donors (Lipinski definition) is 6. The van der Waals surface area contributed by atoms with Crippen LogP contribution in [-0.2, 0) is 14.3 Å². The standard InChI is InChI=1S/C34H63NO8/c1-3-5-7-9-11-13-14-16-17-19-21-23-28(37)27(26-42-34-33(41)32(40)31(39)29(25-36)43-34)35-30(38)24-22-20-18-15-12-10-8-6-4-2/h14,16,21,23,27-29,31-34,36-37,39-41H,3-13,15,17-20,22,24-26H2,1-2H3,(H,35,38)/b16-14+,23-21+. The average Bonchev–Trinajstić information content (AvgIpc) is 3.00. The zero-order valence-electron chi connectivity index (χ0n) is 27.0. The second-order valence-electron chi connectivity index (χ2n) is 12.0. The summed E-state index contributed by atoms with van der Waals surface area (Å²) >= 11 is 0. The smallest absolute Gasteiger partial charge is 0.220 e. The molecule has 0 aromatic carbocycles. The molecular formula is C34H63NO8. The molecule has 0 bridgehead atoms. The number of hydrogen-bond acceptors (Lipinski definition) is 8. The molecule has 0 radical (unpaired) electrons. The average molecular weight is 614 g/mol. The summed E-state index contributed by atoms with van der Waals surface area (Å²) in [7, 11) is 0. The van der Waals surface area contributed by atoms with Crippen molar-refractivity contribution in [3.63, 3.8) is 0 Å². The van der Waals surface area contributed by atoms with Crippen LogP contribution in [0, 0.1) is 0 Å². The Hall–Kier alpha value is -1.33. The van der Waals surface area contributed by atoms with Crippen molar-refractivity contribution in [2.24, 2.45) is 0 Å². The van der Waals surface area contributed by atoms with E-state index in [1.807, 2.05) is 6.08 Å². The summed E-state index contributed by atoms with van der Waals surface area (Å²) in [6.45, 7) is 3.66. The molecule has 1 amide bonds. The van der Waals surface area contributed by atoms with Gasteiger partial charge in [0, 0.05) is 6.42 Å². The fraction of sp³-hybridized carbons (Fsp3) is 0.853. The predicted molar refractivity (Wildman–Crippen MR) is 170 cm³/mol. The van der Waals surface area contributed by atoms with Gasteiger partial charge in [0.15, 0.2) is 6.29 Å². The Morgan fingerprint density at radius 2 is 1.33 bits per heavy atom. The van der Waals surface area contributed by atoms with Crippen molar-refractivity contribution >= 4 is 5.91 Å². The van der Waals surface area contributed by atoms with Crippen molar-refractivity contribution in [3.05, 3.63) is 24.3 Å². The normalized spacial score (nSPS) is 24.1. The van der Waals surface area contributed by atoms with Crippen LogP contribution >= 0.6 is 0 Å². The molecule has 9 nitrogen and oxygen atoms in total. The van der Waals surface area contributed by atoms with Gasteiger partial charge in [-0.05, 0) is 32.1 Å². The van der Waals surface area contributed by atoms with E-state index in [9.17, 15) is 30.3 Å². The van der Waals surface area contributed by atoms with Gasteiger partial charge in [-0.3, -0.25) is 4.79 Å². The Labute approximate surface area is 260 Å². The van der Waals surface area contributed by atoms with E-state index in [0.29, 0.717) is 6.42 Å². The number of rotatable bonds is 26. The highest BCUT2D eigenvalue weighted by molar-refractivity contribution is 5.76. The van der Waals surface area contributed by atoms with Crippen molar-refractivity contribution in [1.82, 2.24) is 5.32 Å². The summed E-state index contributed by atoms with van der Waals surface area (Å²) in [6.07, 6.45) is 19.5. The number of allylic oxidation sites excluding steroid dienone is 3. The van der Waals surface area contributed by atoms with Crippen LogP contribution in [0.4, 0.5) is 0 Å². The van der Waals surface area contributed by atoms with E-state index >= 15 is 0 Å². The van der Waals surface area contributed by atoms with E-state index < -0.39 is 49.5 Å². The molecule has 43 heavy (non-hydrogen) atoms. The van der Waals surface area contributed by atoms with Crippen LogP contribution in [0.3, 0.4) is 0 Å². The molecule has 0 spiro atoms. The molecule has 0 aliphatic carbocycles. The van der Waals surface area contributed by atoms with Crippen LogP contribution < -0.4 is 5.32 Å². The monoisotopic (exact) mass is 613 g/mol. The molecule has 1 rings (SSSR count). The molecule has 1 fully saturated rings. The molecular weight excluding hydrogens is 550 g/mol. The first-order valence-corrected chi connectivity index (χ1v) is 17.1. The molecule has 7 atom stereocenters. The maximum Gasteiger partial charge on any atom is 0.220 e.